The molecular formula is C27H35ClN4O4. The van der Waals surface area contributed by atoms with Crippen LogP contribution in [0.25, 0.3) is 10.8 Å². The van der Waals surface area contributed by atoms with Crippen LogP contribution in [0.5, 0.6) is 0 Å². The molecule has 1 amide bonds. The van der Waals surface area contributed by atoms with Gasteiger partial charge in [0.2, 0.25) is 5.91 Å². The Morgan fingerprint density at radius 2 is 1.92 bits per heavy atom. The Kier molecular flexibility index (Phi) is 6.58. The molecule has 4 fully saturated rings. The first-order valence-electron chi connectivity index (χ1n) is 13.2. The number of carbonyl (C=O) groups excluding carboxylic acids is 1. The van der Waals surface area contributed by atoms with Crippen LogP contribution in [-0.4, -0.2) is 85.1 Å². The quantitative estimate of drug-likeness (QED) is 0.633. The number of nitrogens with zero attached hydrogens (tertiary/aromatic N) is 3. The number of nitrogens with one attached hydrogen (secondary N) is 1. The number of rotatable bonds is 5. The Balaban J connectivity index is 1.13. The molecule has 194 valence electrons. The van der Waals surface area contributed by atoms with Crippen LogP contribution in [0.1, 0.15) is 26.2 Å². The molecular weight excluding hydrogens is 480 g/mol. The van der Waals surface area contributed by atoms with Gasteiger partial charge in [0, 0.05) is 56.9 Å². The fraction of sp³-hybridized carbons (Fsp3) is 0.630. The lowest BCUT2D eigenvalue weighted by atomic mass is 9.93. The Morgan fingerprint density at radius 1 is 1.14 bits per heavy atom. The van der Waals surface area contributed by atoms with Gasteiger partial charge in [-0.15, -0.1) is 0 Å². The van der Waals surface area contributed by atoms with Crippen LogP contribution in [0.15, 0.2) is 24.4 Å². The molecule has 0 radical (unpaired) electrons. The number of carbonyl (C=O) groups is 1. The standard InChI is InChI=1S/C27H35ClN4O4/c1-27(16-36-15-24(27)33)32-6-4-31(5-7-32)23-11-18-12-25(29-14-19(18)10-22(23)28)30-26(34)21-13-20(21)17-2-8-35-9-3-17/h10-12,14,17,20-21,24,33H,2-9,13,15-16H2,1H3,(H,29,30,34)/t20-,21-,24-,27+/m0/s1. The number of amides is 1. The second-order valence-electron chi connectivity index (χ2n) is 11.0. The fourth-order valence-electron chi connectivity index (χ4n) is 6.28. The van der Waals surface area contributed by atoms with Gasteiger partial charge >= 0.3 is 0 Å². The van der Waals surface area contributed by atoms with Crippen molar-refractivity contribution >= 4 is 39.8 Å². The molecule has 9 heteroatoms. The van der Waals surface area contributed by atoms with E-state index in [9.17, 15) is 9.90 Å². The van der Waals surface area contributed by atoms with E-state index in [0.29, 0.717) is 35.9 Å². The zero-order valence-corrected chi connectivity index (χ0v) is 21.5. The van der Waals surface area contributed by atoms with E-state index in [1.54, 1.807) is 6.20 Å². The van der Waals surface area contributed by atoms with Gasteiger partial charge in [0.05, 0.1) is 35.6 Å². The number of aromatic nitrogens is 1. The zero-order valence-electron chi connectivity index (χ0n) is 20.8. The molecule has 4 aliphatic rings. The summed E-state index contributed by atoms with van der Waals surface area (Å²) >= 11 is 6.69. The molecule has 4 atom stereocenters. The molecule has 8 nitrogen and oxygen atoms in total. The molecule has 2 aromatic rings. The number of halogens is 1. The Morgan fingerprint density at radius 3 is 2.64 bits per heavy atom. The fourth-order valence-corrected chi connectivity index (χ4v) is 6.57. The van der Waals surface area contributed by atoms with E-state index in [2.05, 4.69) is 33.1 Å². The topological polar surface area (TPSA) is 87.2 Å². The van der Waals surface area contributed by atoms with Gasteiger partial charge in [-0.3, -0.25) is 9.69 Å². The van der Waals surface area contributed by atoms with Crippen LogP contribution in [0, 0.1) is 17.8 Å². The summed E-state index contributed by atoms with van der Waals surface area (Å²) in [6.07, 6.45) is 4.42. The third-order valence-electron chi connectivity index (χ3n) is 8.82. The molecule has 1 saturated carbocycles. The number of fused-ring (bicyclic) bond motifs is 1. The van der Waals surface area contributed by atoms with Gasteiger partial charge in [-0.05, 0) is 61.6 Å². The largest absolute Gasteiger partial charge is 0.389 e. The highest BCUT2D eigenvalue weighted by molar-refractivity contribution is 6.34. The van der Waals surface area contributed by atoms with Gasteiger partial charge in [0.25, 0.3) is 0 Å². The highest BCUT2D eigenvalue weighted by Crippen LogP contribution is 2.48. The second-order valence-corrected chi connectivity index (χ2v) is 11.4. The molecule has 0 unspecified atom stereocenters. The highest BCUT2D eigenvalue weighted by atomic mass is 35.5. The first kappa shape index (κ1) is 24.4. The van der Waals surface area contributed by atoms with Gasteiger partial charge in [0.15, 0.2) is 0 Å². The third kappa shape index (κ3) is 4.58. The summed E-state index contributed by atoms with van der Waals surface area (Å²) in [6, 6.07) is 6.00. The smallest absolute Gasteiger partial charge is 0.228 e. The van der Waals surface area contributed by atoms with Crippen LogP contribution >= 0.6 is 11.6 Å². The second kappa shape index (κ2) is 9.72. The van der Waals surface area contributed by atoms with E-state index in [0.717, 1.165) is 75.1 Å². The van der Waals surface area contributed by atoms with Crippen LogP contribution in [0.4, 0.5) is 11.5 Å². The van der Waals surface area contributed by atoms with E-state index in [1.807, 2.05) is 12.1 Å². The van der Waals surface area contributed by atoms with Crippen LogP contribution in [-0.2, 0) is 14.3 Å². The molecule has 1 aromatic heterocycles. The average Bonchev–Trinajstić information content (AvgIpc) is 3.63. The van der Waals surface area contributed by atoms with Gasteiger partial charge in [0.1, 0.15) is 5.82 Å². The highest BCUT2D eigenvalue weighted by Gasteiger charge is 2.48. The summed E-state index contributed by atoms with van der Waals surface area (Å²) in [4.78, 5) is 22.0. The van der Waals surface area contributed by atoms with Crippen molar-refractivity contribution in [2.24, 2.45) is 17.8 Å². The van der Waals surface area contributed by atoms with Crippen LogP contribution in [0.2, 0.25) is 5.02 Å². The first-order chi connectivity index (χ1) is 17.4. The minimum atomic E-state index is -0.461. The van der Waals surface area contributed by atoms with Crippen LogP contribution < -0.4 is 10.2 Å². The molecule has 1 aromatic carbocycles. The van der Waals surface area contributed by atoms with Crippen LogP contribution in [0.3, 0.4) is 0 Å². The lowest BCUT2D eigenvalue weighted by Crippen LogP contribution is -2.60. The summed E-state index contributed by atoms with van der Waals surface area (Å²) in [5.41, 5.74) is 0.658. The third-order valence-corrected chi connectivity index (χ3v) is 9.12. The number of piperazine rings is 1. The maximum atomic E-state index is 12.9. The number of anilines is 2. The molecule has 0 spiro atoms. The molecule has 1 aliphatic carbocycles. The lowest BCUT2D eigenvalue weighted by molar-refractivity contribution is -0.117. The summed E-state index contributed by atoms with van der Waals surface area (Å²) in [7, 11) is 0. The Bertz CT molecular complexity index is 1130. The summed E-state index contributed by atoms with van der Waals surface area (Å²) < 4.78 is 11.0. The zero-order chi connectivity index (χ0) is 24.9. The molecule has 4 heterocycles. The molecule has 0 bridgehead atoms. The van der Waals surface area contributed by atoms with Crippen molar-refractivity contribution in [3.8, 4) is 0 Å². The molecule has 3 aliphatic heterocycles. The average molecular weight is 515 g/mol. The van der Waals surface area contributed by atoms with E-state index < -0.39 is 6.10 Å². The minimum Gasteiger partial charge on any atom is -0.389 e. The van der Waals surface area contributed by atoms with E-state index in [4.69, 9.17) is 21.1 Å². The summed E-state index contributed by atoms with van der Waals surface area (Å²) in [5, 5.41) is 16.1. The molecule has 3 saturated heterocycles. The Labute approximate surface area is 216 Å². The number of hydrogen-bond acceptors (Lipinski definition) is 7. The number of hydrogen-bond donors (Lipinski definition) is 2. The van der Waals surface area contributed by atoms with Gasteiger partial charge in [-0.25, -0.2) is 4.98 Å². The lowest BCUT2D eigenvalue weighted by Gasteiger charge is -2.45. The molecule has 2 N–H and O–H groups in total. The van der Waals surface area contributed by atoms with Crippen molar-refractivity contribution in [1.82, 2.24) is 9.88 Å². The number of pyridine rings is 1. The minimum absolute atomic E-state index is 0.0789. The summed E-state index contributed by atoms with van der Waals surface area (Å²) in [6.45, 7) is 7.97. The van der Waals surface area contributed by atoms with Gasteiger partial charge < -0.3 is 24.8 Å². The predicted octanol–water partition coefficient (Wildman–Crippen LogP) is 3.16. The number of benzene rings is 1. The van der Waals surface area contributed by atoms with Crippen molar-refractivity contribution in [3.63, 3.8) is 0 Å². The van der Waals surface area contributed by atoms with E-state index >= 15 is 0 Å². The normalized spacial score (nSPS) is 31.6. The van der Waals surface area contributed by atoms with Crippen molar-refractivity contribution in [1.29, 1.82) is 0 Å². The van der Waals surface area contributed by atoms with Crippen molar-refractivity contribution < 1.29 is 19.4 Å². The maximum absolute atomic E-state index is 12.9. The number of aliphatic hydroxyl groups is 1. The van der Waals surface area contributed by atoms with E-state index in [-0.39, 0.29) is 17.4 Å². The molecule has 36 heavy (non-hydrogen) atoms. The Hall–Kier alpha value is -1.97. The SMILES string of the molecule is C[C@@]1(N2CCN(c3cc4cc(NC(=O)[C@H]5C[C@H]5C5CCOCC5)ncc4cc3Cl)CC2)COC[C@@H]1O. The summed E-state index contributed by atoms with van der Waals surface area (Å²) in [5.74, 6) is 1.85. The van der Waals surface area contributed by atoms with Crippen molar-refractivity contribution in [2.45, 2.75) is 37.8 Å². The molecule has 6 rings (SSSR count). The van der Waals surface area contributed by atoms with Gasteiger partial charge in [-0.2, -0.15) is 0 Å². The van der Waals surface area contributed by atoms with Crippen molar-refractivity contribution in [3.05, 3.63) is 29.4 Å². The maximum Gasteiger partial charge on any atom is 0.228 e. The number of ether oxygens (including phenoxy) is 2. The first-order valence-corrected chi connectivity index (χ1v) is 13.5. The van der Waals surface area contributed by atoms with Gasteiger partial charge in [-0.1, -0.05) is 11.6 Å². The predicted molar refractivity (Wildman–Crippen MR) is 140 cm³/mol. The van der Waals surface area contributed by atoms with Crippen molar-refractivity contribution in [2.75, 3.05) is 62.8 Å². The monoisotopic (exact) mass is 514 g/mol. The van der Waals surface area contributed by atoms with E-state index in [1.165, 1.54) is 0 Å². The number of aliphatic hydroxyl groups excluding tert-OH is 1.